The predicted octanol–water partition coefficient (Wildman–Crippen LogP) is 5.37. The number of halogens is 4. The summed E-state index contributed by atoms with van der Waals surface area (Å²) in [6, 6.07) is 17.9. The molecule has 0 saturated carbocycles. The summed E-state index contributed by atoms with van der Waals surface area (Å²) in [6.45, 7) is 2.63. The standard InChI is InChI=1S/C31H28ClF3N6O2/c32-24-10-7-20(15-23(24)31(33,34)35)16-39-13-11-27-22(18-39)29(43)41(30-37-12-14-40(27)30)17-19-5-8-21(9-6-19)28(42)38-26-4-2-1-3-25(26)36/h1-10,15H,11-14,16-18,36H2,(H,38,42). The fourth-order valence-electron chi connectivity index (χ4n) is 5.65. The van der Waals surface area contributed by atoms with Crippen molar-refractivity contribution in [2.45, 2.75) is 25.7 Å². The molecular weight excluding hydrogens is 581 g/mol. The molecule has 3 heterocycles. The van der Waals surface area contributed by atoms with Crippen LogP contribution in [0.4, 0.5) is 24.5 Å². The first-order valence-corrected chi connectivity index (χ1v) is 14.1. The topological polar surface area (TPSA) is 94.3 Å². The van der Waals surface area contributed by atoms with E-state index in [2.05, 4.69) is 15.2 Å². The number of nitrogens with two attached hydrogens (primary N) is 1. The number of para-hydroxylation sites is 2. The first kappa shape index (κ1) is 28.8. The lowest BCUT2D eigenvalue weighted by Crippen LogP contribution is -2.53. The molecule has 0 fully saturated rings. The molecule has 0 radical (unpaired) electrons. The van der Waals surface area contributed by atoms with E-state index < -0.39 is 11.7 Å². The Morgan fingerprint density at radius 1 is 1.00 bits per heavy atom. The van der Waals surface area contributed by atoms with Crippen molar-refractivity contribution < 1.29 is 22.8 Å². The number of fused-ring (bicyclic) bond motifs is 2. The van der Waals surface area contributed by atoms with Crippen molar-refractivity contribution in [2.75, 3.05) is 37.2 Å². The van der Waals surface area contributed by atoms with Gasteiger partial charge in [-0.05, 0) is 47.5 Å². The summed E-state index contributed by atoms with van der Waals surface area (Å²) in [7, 11) is 0. The van der Waals surface area contributed by atoms with E-state index in [1.165, 1.54) is 6.07 Å². The number of nitrogens with one attached hydrogen (secondary N) is 1. The van der Waals surface area contributed by atoms with Crippen molar-refractivity contribution in [1.82, 2.24) is 14.7 Å². The van der Waals surface area contributed by atoms with Gasteiger partial charge in [-0.15, -0.1) is 0 Å². The molecule has 3 aliphatic heterocycles. The Morgan fingerprint density at radius 3 is 2.49 bits per heavy atom. The zero-order valence-electron chi connectivity index (χ0n) is 23.0. The third kappa shape index (κ3) is 5.82. The fraction of sp³-hybridized carbons (Fsp3) is 0.258. The Kier molecular flexibility index (Phi) is 7.61. The highest BCUT2D eigenvalue weighted by atomic mass is 35.5. The highest BCUT2D eigenvalue weighted by molar-refractivity contribution is 6.31. The van der Waals surface area contributed by atoms with E-state index in [1.54, 1.807) is 59.5 Å². The van der Waals surface area contributed by atoms with Gasteiger partial charge in [-0.3, -0.25) is 24.4 Å². The summed E-state index contributed by atoms with van der Waals surface area (Å²) in [5, 5.41) is 2.46. The minimum Gasteiger partial charge on any atom is -0.397 e. The second kappa shape index (κ2) is 11.4. The zero-order valence-corrected chi connectivity index (χ0v) is 23.8. The number of alkyl halides is 3. The van der Waals surface area contributed by atoms with Gasteiger partial charge in [0.05, 0.1) is 40.6 Å². The maximum absolute atomic E-state index is 13.8. The Labute approximate surface area is 251 Å². The number of hydrogen-bond donors (Lipinski definition) is 2. The van der Waals surface area contributed by atoms with Crippen LogP contribution in [0.5, 0.6) is 0 Å². The Balaban J connectivity index is 1.17. The van der Waals surface area contributed by atoms with Gasteiger partial charge in [0.2, 0.25) is 5.96 Å². The number of carbonyl (C=O) groups is 2. The van der Waals surface area contributed by atoms with Gasteiger partial charge in [-0.2, -0.15) is 13.2 Å². The molecule has 3 aromatic rings. The highest BCUT2D eigenvalue weighted by Gasteiger charge is 2.41. The van der Waals surface area contributed by atoms with E-state index in [-0.39, 0.29) is 29.9 Å². The molecule has 3 aliphatic rings. The number of benzene rings is 3. The van der Waals surface area contributed by atoms with Crippen LogP contribution in [0.2, 0.25) is 5.02 Å². The van der Waals surface area contributed by atoms with Gasteiger partial charge in [0.1, 0.15) is 0 Å². The van der Waals surface area contributed by atoms with Crippen molar-refractivity contribution >= 4 is 40.7 Å². The molecule has 0 atom stereocenters. The average Bonchev–Trinajstić information content (AvgIpc) is 3.47. The third-order valence-corrected chi connectivity index (χ3v) is 8.12. The number of carbonyl (C=O) groups excluding carboxylic acids is 2. The number of rotatable bonds is 6. The molecule has 8 nitrogen and oxygen atoms in total. The van der Waals surface area contributed by atoms with Crippen molar-refractivity contribution in [2.24, 2.45) is 4.99 Å². The van der Waals surface area contributed by atoms with E-state index in [1.807, 2.05) is 4.90 Å². The normalized spacial score (nSPS) is 17.1. The number of guanidine groups is 1. The molecule has 12 heteroatoms. The number of nitrogens with zero attached hydrogens (tertiary/aromatic N) is 4. The molecule has 3 aromatic carbocycles. The van der Waals surface area contributed by atoms with Gasteiger partial charge in [0.25, 0.3) is 11.8 Å². The first-order valence-electron chi connectivity index (χ1n) is 13.8. The van der Waals surface area contributed by atoms with Gasteiger partial charge >= 0.3 is 6.18 Å². The Hall–Kier alpha value is -4.35. The molecule has 3 N–H and O–H groups in total. The van der Waals surface area contributed by atoms with Crippen LogP contribution in [0.3, 0.4) is 0 Å². The molecular formula is C31H28ClF3N6O2. The van der Waals surface area contributed by atoms with Gasteiger partial charge in [-0.1, -0.05) is 41.9 Å². The molecule has 222 valence electrons. The first-order chi connectivity index (χ1) is 20.6. The predicted molar refractivity (Wildman–Crippen MR) is 158 cm³/mol. The number of anilines is 2. The minimum absolute atomic E-state index is 0.176. The molecule has 2 amide bonds. The van der Waals surface area contributed by atoms with Crippen LogP contribution >= 0.6 is 11.6 Å². The molecule has 0 saturated heterocycles. The summed E-state index contributed by atoms with van der Waals surface area (Å²) in [5.74, 6) is 0.126. The van der Waals surface area contributed by atoms with Crippen LogP contribution in [0.1, 0.15) is 33.5 Å². The lowest BCUT2D eigenvalue weighted by Gasteiger charge is -2.42. The van der Waals surface area contributed by atoms with Crippen molar-refractivity contribution in [1.29, 1.82) is 0 Å². The van der Waals surface area contributed by atoms with Crippen molar-refractivity contribution in [3.8, 4) is 0 Å². The Morgan fingerprint density at radius 2 is 1.74 bits per heavy atom. The van der Waals surface area contributed by atoms with E-state index in [4.69, 9.17) is 17.3 Å². The summed E-state index contributed by atoms with van der Waals surface area (Å²) >= 11 is 5.80. The molecule has 6 rings (SSSR count). The largest absolute Gasteiger partial charge is 0.417 e. The summed E-state index contributed by atoms with van der Waals surface area (Å²) in [6.07, 6.45) is -3.96. The lowest BCUT2D eigenvalue weighted by molar-refractivity contribution is -0.137. The zero-order chi connectivity index (χ0) is 30.3. The number of hydrogen-bond acceptors (Lipinski definition) is 6. The molecule has 43 heavy (non-hydrogen) atoms. The minimum atomic E-state index is -4.55. The molecule has 0 aliphatic carbocycles. The van der Waals surface area contributed by atoms with E-state index >= 15 is 0 Å². The van der Waals surface area contributed by atoms with Crippen LogP contribution < -0.4 is 11.1 Å². The third-order valence-electron chi connectivity index (χ3n) is 7.79. The number of amides is 2. The molecule has 0 bridgehead atoms. The summed E-state index contributed by atoms with van der Waals surface area (Å²) < 4.78 is 40.2. The van der Waals surface area contributed by atoms with Crippen LogP contribution in [0.25, 0.3) is 0 Å². The van der Waals surface area contributed by atoms with E-state index in [0.29, 0.717) is 66.6 Å². The molecule has 0 unspecified atom stereocenters. The average molecular weight is 609 g/mol. The van der Waals surface area contributed by atoms with Crippen LogP contribution in [0, 0.1) is 0 Å². The summed E-state index contributed by atoms with van der Waals surface area (Å²) in [5.41, 5.74) is 9.33. The second-order valence-corrected chi connectivity index (χ2v) is 11.1. The van der Waals surface area contributed by atoms with Gasteiger partial charge in [0.15, 0.2) is 0 Å². The van der Waals surface area contributed by atoms with Crippen molar-refractivity contribution in [3.05, 3.63) is 105 Å². The van der Waals surface area contributed by atoms with Crippen LogP contribution in [0.15, 0.2) is 83.0 Å². The van der Waals surface area contributed by atoms with E-state index in [9.17, 15) is 22.8 Å². The monoisotopic (exact) mass is 608 g/mol. The van der Waals surface area contributed by atoms with Gasteiger partial charge in [-0.25, -0.2) is 0 Å². The lowest BCUT2D eigenvalue weighted by atomic mass is 9.99. The maximum atomic E-state index is 13.8. The van der Waals surface area contributed by atoms with Crippen LogP contribution in [-0.2, 0) is 24.1 Å². The second-order valence-electron chi connectivity index (χ2n) is 10.7. The van der Waals surface area contributed by atoms with Crippen molar-refractivity contribution in [3.63, 3.8) is 0 Å². The summed E-state index contributed by atoms with van der Waals surface area (Å²) in [4.78, 5) is 36.9. The number of aliphatic imine (C=N–C) groups is 1. The maximum Gasteiger partial charge on any atom is 0.417 e. The van der Waals surface area contributed by atoms with Crippen LogP contribution in [-0.4, -0.2) is 58.7 Å². The molecule has 0 aromatic heterocycles. The van der Waals surface area contributed by atoms with Gasteiger partial charge in [0, 0.05) is 43.9 Å². The fourth-order valence-corrected chi connectivity index (χ4v) is 5.87. The smallest absolute Gasteiger partial charge is 0.397 e. The highest BCUT2D eigenvalue weighted by Crippen LogP contribution is 2.36. The van der Waals surface area contributed by atoms with E-state index in [0.717, 1.165) is 17.3 Å². The number of nitrogen functional groups attached to an aromatic ring is 1. The SMILES string of the molecule is Nc1ccccc1NC(=O)c1ccc(CN2C(=O)C3=C(CCN(Cc4ccc(Cl)c(C(F)(F)F)c4)C3)N3CCN=C23)cc1. The van der Waals surface area contributed by atoms with Gasteiger partial charge < -0.3 is 16.0 Å². The Bertz CT molecular complexity index is 1650. The quantitative estimate of drug-likeness (QED) is 0.367. The molecule has 0 spiro atoms.